The third-order valence-electron chi connectivity index (χ3n) is 8.00. The van der Waals surface area contributed by atoms with Gasteiger partial charge in [-0.25, -0.2) is 22.8 Å². The summed E-state index contributed by atoms with van der Waals surface area (Å²) >= 11 is 0. The van der Waals surface area contributed by atoms with Gasteiger partial charge in [-0.15, -0.1) is 5.10 Å². The molecule has 0 bridgehead atoms. The summed E-state index contributed by atoms with van der Waals surface area (Å²) in [5, 5.41) is 8.37. The molecular weight excluding hydrogens is 607 g/mol. The normalized spacial score (nSPS) is 19.2. The Bertz CT molecular complexity index is 1610. The molecule has 11 nitrogen and oxygen atoms in total. The summed E-state index contributed by atoms with van der Waals surface area (Å²) in [5.41, 5.74) is -1.72. The van der Waals surface area contributed by atoms with Crippen molar-refractivity contribution in [2.45, 2.75) is 70.0 Å². The van der Waals surface area contributed by atoms with Gasteiger partial charge in [0.05, 0.1) is 23.3 Å². The minimum atomic E-state index is -4.25. The highest BCUT2D eigenvalue weighted by atomic mass is 32.2. The van der Waals surface area contributed by atoms with Crippen LogP contribution in [0.25, 0.3) is 5.82 Å². The van der Waals surface area contributed by atoms with Crippen molar-refractivity contribution in [3.8, 4) is 11.7 Å². The van der Waals surface area contributed by atoms with E-state index in [2.05, 4.69) is 21.8 Å². The number of aromatic nitrogens is 5. The fourth-order valence-corrected chi connectivity index (χ4v) is 6.86. The summed E-state index contributed by atoms with van der Waals surface area (Å²) in [7, 11) is -2.63. The van der Waals surface area contributed by atoms with E-state index in [1.54, 1.807) is 13.2 Å². The number of carbonyl (C=O) groups is 1. The van der Waals surface area contributed by atoms with Gasteiger partial charge in [0, 0.05) is 37.6 Å². The number of amides is 1. The number of alkyl halides is 3. The summed E-state index contributed by atoms with van der Waals surface area (Å²) in [6, 6.07) is 4.53. The lowest BCUT2D eigenvalue weighted by Gasteiger charge is -2.34. The number of nitrogens with zero attached hydrogens (tertiary/aromatic N) is 6. The van der Waals surface area contributed by atoms with Crippen molar-refractivity contribution < 1.29 is 31.1 Å². The number of sulfonamides is 1. The third-order valence-corrected chi connectivity index (χ3v) is 9.44. The highest BCUT2D eigenvalue weighted by molar-refractivity contribution is 7.90. The molecule has 1 N–H and O–H groups in total. The maximum absolute atomic E-state index is 13.4. The Hall–Kier alpha value is -3.27. The second-order valence-corrected chi connectivity index (χ2v) is 13.6. The molecule has 3 aromatic rings. The largest absolute Gasteiger partial charge is 0.477 e. The average molecular weight is 644 g/mol. The number of rotatable bonds is 9. The van der Waals surface area contributed by atoms with Crippen LogP contribution in [0, 0.1) is 18.3 Å². The maximum Gasteiger partial charge on any atom is 0.394 e. The minimum Gasteiger partial charge on any atom is -0.477 e. The molecule has 1 atom stereocenters. The zero-order chi connectivity index (χ0) is 30.7. The van der Waals surface area contributed by atoms with E-state index >= 15 is 0 Å². The molecule has 43 heavy (non-hydrogen) atoms. The maximum atomic E-state index is 13.4. The standard InChI is InChI=1S/C27H34F3N7O4S.H2S/c1-17-14-25(3,4)36(15-17)23-19(24(38)34-42(39,40)20-16-35(5)32-18(20)2)6-7-21(31-23)37-12-8-22(33-37)41-13-11-26(9-10-26)27(28,29)30;/h6-8,12,16-17H,9-11,13-15H2,1-5H3,(H,34,38);1H2/t17-;/m0./s1. The highest BCUT2D eigenvalue weighted by Crippen LogP contribution is 2.59. The van der Waals surface area contributed by atoms with Gasteiger partial charge >= 0.3 is 6.18 Å². The fourth-order valence-electron chi connectivity index (χ4n) is 5.67. The molecule has 0 aromatic carbocycles. The monoisotopic (exact) mass is 643 g/mol. The zero-order valence-electron chi connectivity index (χ0n) is 24.6. The SMILES string of the molecule is Cc1nn(C)cc1S(=O)(=O)NC(=O)c1ccc(-n2ccc(OCCC3(C(F)(F)F)CC3)n2)nc1N1C[C@@H](C)CC1(C)C.S. The molecule has 4 heterocycles. The smallest absolute Gasteiger partial charge is 0.394 e. The fraction of sp³-hybridized carbons (Fsp3) is 0.556. The molecule has 1 amide bonds. The Kier molecular flexibility index (Phi) is 8.61. The van der Waals surface area contributed by atoms with Gasteiger partial charge in [-0.1, -0.05) is 6.92 Å². The van der Waals surface area contributed by atoms with E-state index in [1.165, 1.54) is 40.7 Å². The molecule has 3 aromatic heterocycles. The topological polar surface area (TPSA) is 124 Å². The van der Waals surface area contributed by atoms with Crippen molar-refractivity contribution >= 4 is 35.2 Å². The number of nitrogens with one attached hydrogen (secondary N) is 1. The van der Waals surface area contributed by atoms with Crippen LogP contribution in [-0.2, 0) is 17.1 Å². The molecular formula is C27H36F3N7O4S2. The minimum absolute atomic E-state index is 0. The Labute approximate surface area is 255 Å². The van der Waals surface area contributed by atoms with Crippen LogP contribution in [0.1, 0.15) is 62.5 Å². The molecule has 236 valence electrons. The van der Waals surface area contributed by atoms with E-state index < -0.39 is 27.5 Å². The van der Waals surface area contributed by atoms with Gasteiger partial charge in [0.1, 0.15) is 10.7 Å². The molecule has 1 saturated carbocycles. The number of ether oxygens (including phenoxy) is 1. The number of hydrogen-bond acceptors (Lipinski definition) is 8. The van der Waals surface area contributed by atoms with E-state index in [0.717, 1.165) is 6.42 Å². The first-order valence-corrected chi connectivity index (χ1v) is 15.1. The van der Waals surface area contributed by atoms with Crippen LogP contribution in [-0.4, -0.2) is 63.7 Å². The lowest BCUT2D eigenvalue weighted by Crippen LogP contribution is -2.41. The lowest BCUT2D eigenvalue weighted by atomic mass is 9.97. The van der Waals surface area contributed by atoms with Gasteiger partial charge in [0.2, 0.25) is 5.88 Å². The summed E-state index contributed by atoms with van der Waals surface area (Å²) in [5.74, 6) is 0.208. The molecule has 0 radical (unpaired) electrons. The summed E-state index contributed by atoms with van der Waals surface area (Å²) in [6.07, 6.45) is -0.466. The first-order valence-electron chi connectivity index (χ1n) is 13.6. The second-order valence-electron chi connectivity index (χ2n) is 11.9. The van der Waals surface area contributed by atoms with E-state index in [0.29, 0.717) is 18.3 Å². The second kappa shape index (κ2) is 11.3. The van der Waals surface area contributed by atoms with Crippen molar-refractivity contribution in [1.82, 2.24) is 29.3 Å². The van der Waals surface area contributed by atoms with Crippen LogP contribution >= 0.6 is 13.5 Å². The highest BCUT2D eigenvalue weighted by Gasteiger charge is 2.62. The Morgan fingerprint density at radius 2 is 1.88 bits per heavy atom. The van der Waals surface area contributed by atoms with Gasteiger partial charge in [0.15, 0.2) is 5.82 Å². The number of aryl methyl sites for hydroxylation is 2. The van der Waals surface area contributed by atoms with Crippen LogP contribution < -0.4 is 14.4 Å². The van der Waals surface area contributed by atoms with Crippen LogP contribution in [0.4, 0.5) is 19.0 Å². The van der Waals surface area contributed by atoms with E-state index in [-0.39, 0.29) is 72.8 Å². The molecule has 2 fully saturated rings. The van der Waals surface area contributed by atoms with Gasteiger partial charge in [-0.05, 0) is 64.5 Å². The number of anilines is 1. The molecule has 1 aliphatic carbocycles. The quantitative estimate of drug-likeness (QED) is 0.367. The van der Waals surface area contributed by atoms with Gasteiger partial charge in [-0.2, -0.15) is 31.8 Å². The molecule has 5 rings (SSSR count). The number of carbonyl (C=O) groups excluding carboxylic acids is 1. The van der Waals surface area contributed by atoms with Crippen molar-refractivity contribution in [2.75, 3.05) is 18.1 Å². The van der Waals surface area contributed by atoms with Gasteiger partial charge in [0.25, 0.3) is 15.9 Å². The number of hydrogen-bond donors (Lipinski definition) is 1. The Balaban J connectivity index is 0.00000423. The molecule has 1 saturated heterocycles. The van der Waals surface area contributed by atoms with Crippen molar-refractivity contribution in [1.29, 1.82) is 0 Å². The summed E-state index contributed by atoms with van der Waals surface area (Å²) in [4.78, 5) is 20.0. The predicted molar refractivity (Wildman–Crippen MR) is 157 cm³/mol. The van der Waals surface area contributed by atoms with Crippen LogP contribution in [0.5, 0.6) is 5.88 Å². The first-order chi connectivity index (χ1) is 19.5. The Morgan fingerprint density at radius 3 is 2.44 bits per heavy atom. The molecule has 1 aliphatic heterocycles. The molecule has 0 unspecified atom stereocenters. The van der Waals surface area contributed by atoms with E-state index in [9.17, 15) is 26.4 Å². The summed E-state index contributed by atoms with van der Waals surface area (Å²) in [6.45, 7) is 8.14. The number of halogens is 3. The molecule has 0 spiro atoms. The molecule has 16 heteroatoms. The van der Waals surface area contributed by atoms with Crippen molar-refractivity contribution in [2.24, 2.45) is 18.4 Å². The predicted octanol–water partition coefficient (Wildman–Crippen LogP) is 4.28. The Morgan fingerprint density at radius 1 is 1.19 bits per heavy atom. The van der Waals surface area contributed by atoms with Gasteiger partial charge in [-0.3, -0.25) is 9.48 Å². The van der Waals surface area contributed by atoms with Gasteiger partial charge < -0.3 is 9.64 Å². The third kappa shape index (κ3) is 6.49. The average Bonchev–Trinajstić information content (AvgIpc) is 3.25. The van der Waals surface area contributed by atoms with Crippen LogP contribution in [0.3, 0.4) is 0 Å². The van der Waals surface area contributed by atoms with Crippen molar-refractivity contribution in [3.63, 3.8) is 0 Å². The van der Waals surface area contributed by atoms with Crippen molar-refractivity contribution in [3.05, 3.63) is 41.9 Å². The zero-order valence-corrected chi connectivity index (χ0v) is 26.4. The summed E-state index contributed by atoms with van der Waals surface area (Å²) < 4.78 is 76.2. The van der Waals surface area contributed by atoms with Crippen LogP contribution in [0.15, 0.2) is 35.5 Å². The van der Waals surface area contributed by atoms with E-state index in [1.807, 2.05) is 18.7 Å². The lowest BCUT2D eigenvalue weighted by molar-refractivity contribution is -0.190. The van der Waals surface area contributed by atoms with Crippen LogP contribution in [0.2, 0.25) is 0 Å². The first kappa shape index (κ1) is 32.6. The molecule has 2 aliphatic rings. The number of pyridine rings is 1. The van der Waals surface area contributed by atoms with E-state index in [4.69, 9.17) is 9.72 Å².